The lowest BCUT2D eigenvalue weighted by molar-refractivity contribution is 0.602. The number of nitrogens with zero attached hydrogens (tertiary/aromatic N) is 1. The van der Waals surface area contributed by atoms with E-state index in [0.29, 0.717) is 0 Å². The largest absolute Gasteiger partial charge is 0.443 e. The van der Waals surface area contributed by atoms with E-state index in [1.165, 1.54) is 37.7 Å². The lowest BCUT2D eigenvalue weighted by Gasteiger charge is -2.12. The van der Waals surface area contributed by atoms with E-state index in [9.17, 15) is 0 Å². The van der Waals surface area contributed by atoms with Crippen molar-refractivity contribution in [1.29, 1.82) is 0 Å². The lowest BCUT2D eigenvalue weighted by Crippen LogP contribution is -1.92. The van der Waals surface area contributed by atoms with E-state index < -0.39 is 0 Å². The van der Waals surface area contributed by atoms with E-state index in [4.69, 9.17) is 4.42 Å². The number of anilines is 2. The molecule has 2 aromatic heterocycles. The Balaban J connectivity index is 1.36. The van der Waals surface area contributed by atoms with E-state index in [1.807, 2.05) is 23.5 Å². The summed E-state index contributed by atoms with van der Waals surface area (Å²) in [5, 5.41) is 6.23. The highest BCUT2D eigenvalue weighted by Gasteiger charge is 2.13. The second-order valence-corrected chi connectivity index (χ2v) is 9.65. The fourth-order valence-electron chi connectivity index (χ4n) is 4.65. The molecular formula is C31H20N2OS. The summed E-state index contributed by atoms with van der Waals surface area (Å²) >= 11 is 1.82. The van der Waals surface area contributed by atoms with Crippen LogP contribution in [0.5, 0.6) is 0 Å². The fourth-order valence-corrected chi connectivity index (χ4v) is 5.81. The Bertz CT molecular complexity index is 1810. The molecule has 0 atom stereocenters. The number of aromatic nitrogens is 1. The smallest absolute Gasteiger partial charge is 0.181 e. The van der Waals surface area contributed by atoms with Gasteiger partial charge in [0.05, 0.1) is 10.4 Å². The van der Waals surface area contributed by atoms with Crippen molar-refractivity contribution >= 4 is 54.0 Å². The van der Waals surface area contributed by atoms with Crippen molar-refractivity contribution in [1.82, 2.24) is 4.98 Å². The summed E-state index contributed by atoms with van der Waals surface area (Å²) < 4.78 is 8.11. The van der Waals surface area contributed by atoms with E-state index in [2.05, 4.69) is 107 Å². The molecule has 166 valence electrons. The predicted molar refractivity (Wildman–Crippen MR) is 147 cm³/mol. The molecule has 0 radical (unpaired) electrons. The number of hydrogen-bond acceptors (Lipinski definition) is 4. The van der Waals surface area contributed by atoms with Gasteiger partial charge in [0.1, 0.15) is 5.52 Å². The summed E-state index contributed by atoms with van der Waals surface area (Å²) in [7, 11) is 0. The molecule has 0 bridgehead atoms. The monoisotopic (exact) mass is 468 g/mol. The maximum absolute atomic E-state index is 5.57. The molecule has 5 aromatic carbocycles. The summed E-state index contributed by atoms with van der Waals surface area (Å²) in [5.41, 5.74) is 8.50. The number of fused-ring (bicyclic) bond motifs is 4. The Morgan fingerprint density at radius 1 is 0.629 bits per heavy atom. The van der Waals surface area contributed by atoms with Crippen molar-refractivity contribution < 1.29 is 4.42 Å². The molecule has 0 aliphatic heterocycles. The molecule has 35 heavy (non-hydrogen) atoms. The Kier molecular flexibility index (Phi) is 4.64. The van der Waals surface area contributed by atoms with Gasteiger partial charge in [0.25, 0.3) is 0 Å². The van der Waals surface area contributed by atoms with Gasteiger partial charge in [-0.15, -0.1) is 11.3 Å². The van der Waals surface area contributed by atoms with Gasteiger partial charge in [-0.1, -0.05) is 66.7 Å². The van der Waals surface area contributed by atoms with Gasteiger partial charge in [-0.3, -0.25) is 0 Å². The number of nitrogens with one attached hydrogen (secondary N) is 1. The van der Waals surface area contributed by atoms with Crippen molar-refractivity contribution in [2.75, 3.05) is 5.32 Å². The highest BCUT2D eigenvalue weighted by Crippen LogP contribution is 2.42. The lowest BCUT2D eigenvalue weighted by atomic mass is 10.0. The van der Waals surface area contributed by atoms with Gasteiger partial charge in [-0.25, -0.2) is 4.98 Å². The average Bonchev–Trinajstić information content (AvgIpc) is 3.54. The van der Waals surface area contributed by atoms with E-state index in [0.717, 1.165) is 33.6 Å². The van der Waals surface area contributed by atoms with Crippen LogP contribution in [-0.4, -0.2) is 4.98 Å². The van der Waals surface area contributed by atoms with Crippen molar-refractivity contribution in [3.63, 3.8) is 0 Å². The van der Waals surface area contributed by atoms with Crippen molar-refractivity contribution in [2.45, 2.75) is 0 Å². The SMILES string of the molecule is c1ccc(-c2ccc(Nc3cc(-c4ccc5ncoc5c4)cc4c3sc3ccccc34)cc2)cc1. The van der Waals surface area contributed by atoms with Crippen molar-refractivity contribution in [2.24, 2.45) is 0 Å². The third kappa shape index (κ3) is 3.56. The van der Waals surface area contributed by atoms with Crippen LogP contribution < -0.4 is 5.32 Å². The fraction of sp³-hybridized carbons (Fsp3) is 0. The van der Waals surface area contributed by atoms with Gasteiger partial charge >= 0.3 is 0 Å². The molecule has 0 aliphatic carbocycles. The van der Waals surface area contributed by atoms with Gasteiger partial charge in [-0.05, 0) is 64.7 Å². The van der Waals surface area contributed by atoms with Crippen LogP contribution in [-0.2, 0) is 0 Å². The van der Waals surface area contributed by atoms with Gasteiger partial charge in [0.15, 0.2) is 12.0 Å². The first-order valence-electron chi connectivity index (χ1n) is 11.5. The maximum Gasteiger partial charge on any atom is 0.181 e. The zero-order chi connectivity index (χ0) is 23.2. The van der Waals surface area contributed by atoms with Gasteiger partial charge in [0, 0.05) is 21.2 Å². The molecular weight excluding hydrogens is 448 g/mol. The van der Waals surface area contributed by atoms with Crippen LogP contribution in [0, 0.1) is 0 Å². The Morgan fingerprint density at radius 3 is 2.29 bits per heavy atom. The molecule has 0 aliphatic rings. The Labute approximate surface area is 206 Å². The van der Waals surface area contributed by atoms with Crippen LogP contribution in [0.3, 0.4) is 0 Å². The van der Waals surface area contributed by atoms with Gasteiger partial charge in [0.2, 0.25) is 0 Å². The molecule has 0 unspecified atom stereocenters. The summed E-state index contributed by atoms with van der Waals surface area (Å²) in [6, 6.07) is 38.4. The quantitative estimate of drug-likeness (QED) is 0.280. The summed E-state index contributed by atoms with van der Waals surface area (Å²) in [4.78, 5) is 4.26. The molecule has 2 heterocycles. The summed E-state index contributed by atoms with van der Waals surface area (Å²) in [6.07, 6.45) is 1.50. The molecule has 1 N–H and O–H groups in total. The van der Waals surface area contributed by atoms with Crippen LogP contribution in [0.25, 0.3) is 53.5 Å². The number of benzene rings is 5. The second-order valence-electron chi connectivity index (χ2n) is 8.60. The molecule has 4 heteroatoms. The average molecular weight is 469 g/mol. The molecule has 7 aromatic rings. The Morgan fingerprint density at radius 2 is 1.40 bits per heavy atom. The summed E-state index contributed by atoms with van der Waals surface area (Å²) in [6.45, 7) is 0. The maximum atomic E-state index is 5.57. The predicted octanol–water partition coefficient (Wildman–Crippen LogP) is 9.27. The molecule has 0 saturated carbocycles. The molecule has 0 fully saturated rings. The second kappa shape index (κ2) is 8.12. The normalized spacial score (nSPS) is 11.4. The van der Waals surface area contributed by atoms with Crippen molar-refractivity contribution in [3.05, 3.63) is 116 Å². The van der Waals surface area contributed by atoms with E-state index in [-0.39, 0.29) is 0 Å². The highest BCUT2D eigenvalue weighted by molar-refractivity contribution is 7.26. The van der Waals surface area contributed by atoms with Crippen molar-refractivity contribution in [3.8, 4) is 22.3 Å². The van der Waals surface area contributed by atoms with E-state index >= 15 is 0 Å². The number of hydrogen-bond donors (Lipinski definition) is 1. The van der Waals surface area contributed by atoms with Crippen LogP contribution in [0.2, 0.25) is 0 Å². The summed E-state index contributed by atoms with van der Waals surface area (Å²) in [5.74, 6) is 0. The minimum atomic E-state index is 0.795. The first kappa shape index (κ1) is 20.0. The third-order valence-electron chi connectivity index (χ3n) is 6.41. The zero-order valence-corrected chi connectivity index (χ0v) is 19.5. The molecule has 3 nitrogen and oxygen atoms in total. The van der Waals surface area contributed by atoms with Gasteiger partial charge < -0.3 is 9.73 Å². The Hall–Kier alpha value is -4.41. The third-order valence-corrected chi connectivity index (χ3v) is 7.63. The molecule has 0 spiro atoms. The number of oxazole rings is 1. The number of rotatable bonds is 4. The van der Waals surface area contributed by atoms with Gasteiger partial charge in [-0.2, -0.15) is 0 Å². The van der Waals surface area contributed by atoms with Crippen LogP contribution in [0.1, 0.15) is 0 Å². The standard InChI is InChI=1S/C31H20N2OS/c1-2-6-20(7-3-1)21-10-13-24(14-11-21)33-28-17-23(22-12-15-27-29(18-22)34-19-32-27)16-26-25-8-4-5-9-30(25)35-31(26)28/h1-19,33H. The zero-order valence-electron chi connectivity index (χ0n) is 18.7. The molecule has 7 rings (SSSR count). The number of thiophene rings is 1. The highest BCUT2D eigenvalue weighted by atomic mass is 32.1. The minimum Gasteiger partial charge on any atom is -0.443 e. The first-order valence-corrected chi connectivity index (χ1v) is 12.3. The van der Waals surface area contributed by atoms with E-state index in [1.54, 1.807) is 0 Å². The minimum absolute atomic E-state index is 0.795. The first-order chi connectivity index (χ1) is 17.3. The molecule has 0 amide bonds. The van der Waals surface area contributed by atoms with Crippen LogP contribution in [0.15, 0.2) is 120 Å². The van der Waals surface area contributed by atoms with Crippen LogP contribution in [0.4, 0.5) is 11.4 Å². The topological polar surface area (TPSA) is 38.1 Å². The van der Waals surface area contributed by atoms with Crippen LogP contribution >= 0.6 is 11.3 Å². The molecule has 0 saturated heterocycles.